The molecular weight excluding hydrogens is 276 g/mol. The van der Waals surface area contributed by atoms with Gasteiger partial charge in [-0.1, -0.05) is 24.3 Å². The van der Waals surface area contributed by atoms with Gasteiger partial charge < -0.3 is 14.2 Å². The molecule has 0 bridgehead atoms. The van der Waals surface area contributed by atoms with E-state index in [2.05, 4.69) is 11.1 Å². The quantitative estimate of drug-likeness (QED) is 0.790. The fourth-order valence-electron chi connectivity index (χ4n) is 3.18. The lowest BCUT2D eigenvalue weighted by Gasteiger charge is -2.30. The molecule has 2 aromatic heterocycles. The lowest BCUT2D eigenvalue weighted by molar-refractivity contribution is 0.0234. The molecule has 1 aliphatic carbocycles. The standard InChI is InChI=1S/C18H18N2O2/c1-12-11-20-10-4-7-16(18(20)19-12)22-17-14-6-3-2-5-13(14)8-9-15(17)21/h2-7,10-11,15,17,21H,8-9H2,1H3/t15-,17-/m1/s1. The second-order valence-electron chi connectivity index (χ2n) is 5.83. The number of nitrogens with zero attached hydrogens (tertiary/aromatic N) is 2. The van der Waals surface area contributed by atoms with Crippen LogP contribution in [0.4, 0.5) is 0 Å². The normalized spacial score (nSPS) is 20.8. The fraction of sp³-hybridized carbons (Fsp3) is 0.278. The molecule has 1 aliphatic rings. The van der Waals surface area contributed by atoms with Crippen LogP contribution in [0.3, 0.4) is 0 Å². The summed E-state index contributed by atoms with van der Waals surface area (Å²) < 4.78 is 8.14. The Labute approximate surface area is 129 Å². The highest BCUT2D eigenvalue weighted by atomic mass is 16.5. The third-order valence-electron chi connectivity index (χ3n) is 4.24. The lowest BCUT2D eigenvalue weighted by Crippen LogP contribution is -2.29. The van der Waals surface area contributed by atoms with Gasteiger partial charge >= 0.3 is 0 Å². The van der Waals surface area contributed by atoms with Gasteiger partial charge in [-0.2, -0.15) is 0 Å². The number of rotatable bonds is 2. The molecule has 0 saturated heterocycles. The van der Waals surface area contributed by atoms with E-state index < -0.39 is 6.10 Å². The molecule has 4 heteroatoms. The topological polar surface area (TPSA) is 46.8 Å². The first-order valence-corrected chi connectivity index (χ1v) is 7.59. The molecular formula is C18H18N2O2. The van der Waals surface area contributed by atoms with Gasteiger partial charge in [-0.25, -0.2) is 4.98 Å². The molecule has 0 aliphatic heterocycles. The molecule has 0 unspecified atom stereocenters. The van der Waals surface area contributed by atoms with E-state index in [4.69, 9.17) is 4.74 Å². The third kappa shape index (κ3) is 2.16. The molecule has 0 saturated carbocycles. The van der Waals surface area contributed by atoms with Gasteiger partial charge in [-0.3, -0.25) is 0 Å². The van der Waals surface area contributed by atoms with Crippen LogP contribution >= 0.6 is 0 Å². The molecule has 0 amide bonds. The van der Waals surface area contributed by atoms with Crippen LogP contribution in [0.1, 0.15) is 29.3 Å². The van der Waals surface area contributed by atoms with Crippen molar-refractivity contribution in [3.05, 3.63) is 65.6 Å². The predicted molar refractivity (Wildman–Crippen MR) is 84.1 cm³/mol. The van der Waals surface area contributed by atoms with Gasteiger partial charge in [0.1, 0.15) is 6.10 Å². The van der Waals surface area contributed by atoms with Crippen molar-refractivity contribution in [2.24, 2.45) is 0 Å². The van der Waals surface area contributed by atoms with Gasteiger partial charge in [0.2, 0.25) is 0 Å². The van der Waals surface area contributed by atoms with Crippen LogP contribution in [0, 0.1) is 6.92 Å². The van der Waals surface area contributed by atoms with E-state index in [9.17, 15) is 5.11 Å². The van der Waals surface area contributed by atoms with Crippen molar-refractivity contribution in [2.45, 2.75) is 32.0 Å². The second kappa shape index (κ2) is 5.14. The van der Waals surface area contributed by atoms with Crippen molar-refractivity contribution in [3.63, 3.8) is 0 Å². The van der Waals surface area contributed by atoms with Crippen LogP contribution in [0.2, 0.25) is 0 Å². The first-order chi connectivity index (χ1) is 10.7. The van der Waals surface area contributed by atoms with Crippen LogP contribution in [-0.4, -0.2) is 20.6 Å². The molecule has 22 heavy (non-hydrogen) atoms. The van der Waals surface area contributed by atoms with Gasteiger partial charge in [0.15, 0.2) is 11.4 Å². The monoisotopic (exact) mass is 294 g/mol. The Morgan fingerprint density at radius 2 is 2.09 bits per heavy atom. The van der Waals surface area contributed by atoms with Gasteiger partial charge in [0, 0.05) is 12.4 Å². The van der Waals surface area contributed by atoms with Crippen LogP contribution in [0.15, 0.2) is 48.8 Å². The first-order valence-electron chi connectivity index (χ1n) is 7.59. The van der Waals surface area contributed by atoms with Crippen molar-refractivity contribution < 1.29 is 9.84 Å². The van der Waals surface area contributed by atoms with E-state index >= 15 is 0 Å². The predicted octanol–water partition coefficient (Wildman–Crippen LogP) is 3.07. The minimum atomic E-state index is -0.494. The molecule has 2 heterocycles. The molecule has 4 rings (SSSR count). The summed E-state index contributed by atoms with van der Waals surface area (Å²) >= 11 is 0. The maximum Gasteiger partial charge on any atom is 0.179 e. The van der Waals surface area contributed by atoms with E-state index in [0.29, 0.717) is 5.75 Å². The van der Waals surface area contributed by atoms with E-state index in [-0.39, 0.29) is 6.10 Å². The summed E-state index contributed by atoms with van der Waals surface area (Å²) in [4.78, 5) is 4.52. The molecule has 1 N–H and O–H groups in total. The minimum Gasteiger partial charge on any atom is -0.479 e. The summed E-state index contributed by atoms with van der Waals surface area (Å²) in [7, 11) is 0. The number of pyridine rings is 1. The molecule has 112 valence electrons. The van der Waals surface area contributed by atoms with Crippen molar-refractivity contribution in [3.8, 4) is 5.75 Å². The Balaban J connectivity index is 1.76. The first kappa shape index (κ1) is 13.3. The molecule has 2 atom stereocenters. The molecule has 0 fully saturated rings. The largest absolute Gasteiger partial charge is 0.479 e. The van der Waals surface area contributed by atoms with E-state index in [1.54, 1.807) is 0 Å². The highest BCUT2D eigenvalue weighted by Crippen LogP contribution is 2.35. The summed E-state index contributed by atoms with van der Waals surface area (Å²) in [6.45, 7) is 1.96. The Morgan fingerprint density at radius 1 is 1.23 bits per heavy atom. The van der Waals surface area contributed by atoms with Crippen molar-refractivity contribution in [1.82, 2.24) is 9.38 Å². The maximum atomic E-state index is 10.4. The Morgan fingerprint density at radius 3 is 3.00 bits per heavy atom. The van der Waals surface area contributed by atoms with Crippen LogP contribution < -0.4 is 4.74 Å². The number of fused-ring (bicyclic) bond motifs is 2. The zero-order valence-electron chi connectivity index (χ0n) is 12.4. The van der Waals surface area contributed by atoms with Crippen molar-refractivity contribution in [2.75, 3.05) is 0 Å². The maximum absolute atomic E-state index is 10.4. The number of aryl methyl sites for hydroxylation is 2. The molecule has 1 aromatic carbocycles. The minimum absolute atomic E-state index is 0.340. The summed E-state index contributed by atoms with van der Waals surface area (Å²) in [6.07, 6.45) is 4.70. The number of aliphatic hydroxyl groups is 1. The second-order valence-corrected chi connectivity index (χ2v) is 5.83. The third-order valence-corrected chi connectivity index (χ3v) is 4.24. The summed E-state index contributed by atoms with van der Waals surface area (Å²) in [5, 5.41) is 10.4. The van der Waals surface area contributed by atoms with E-state index in [0.717, 1.165) is 29.7 Å². The van der Waals surface area contributed by atoms with Gasteiger partial charge in [0.05, 0.1) is 11.8 Å². The molecule has 0 spiro atoms. The van der Waals surface area contributed by atoms with E-state index in [1.807, 2.05) is 54.0 Å². The smallest absolute Gasteiger partial charge is 0.179 e. The number of hydrogen-bond acceptors (Lipinski definition) is 3. The summed E-state index contributed by atoms with van der Waals surface area (Å²) in [5.74, 6) is 0.705. The van der Waals surface area contributed by atoms with Gasteiger partial charge in [-0.15, -0.1) is 0 Å². The van der Waals surface area contributed by atoms with Crippen molar-refractivity contribution in [1.29, 1.82) is 0 Å². The summed E-state index contributed by atoms with van der Waals surface area (Å²) in [5.41, 5.74) is 4.06. The Kier molecular flexibility index (Phi) is 3.12. The highest BCUT2D eigenvalue weighted by molar-refractivity contribution is 5.54. The number of hydrogen-bond donors (Lipinski definition) is 1. The van der Waals surface area contributed by atoms with Crippen LogP contribution in [0.5, 0.6) is 5.75 Å². The van der Waals surface area contributed by atoms with Gasteiger partial charge in [-0.05, 0) is 43.0 Å². The number of ether oxygens (including phenoxy) is 1. The zero-order valence-corrected chi connectivity index (χ0v) is 12.4. The zero-order chi connectivity index (χ0) is 15.1. The average molecular weight is 294 g/mol. The average Bonchev–Trinajstić information content (AvgIpc) is 2.91. The number of imidazole rings is 1. The number of aliphatic hydroxyl groups excluding tert-OH is 1. The molecule has 3 aromatic rings. The van der Waals surface area contributed by atoms with Gasteiger partial charge in [0.25, 0.3) is 0 Å². The SMILES string of the molecule is Cc1cn2cccc(O[C@@H]3c4ccccc4CC[C@H]3O)c2n1. The number of aromatic nitrogens is 2. The Hall–Kier alpha value is -2.33. The summed E-state index contributed by atoms with van der Waals surface area (Å²) in [6, 6.07) is 12.0. The number of benzene rings is 1. The highest BCUT2D eigenvalue weighted by Gasteiger charge is 2.30. The van der Waals surface area contributed by atoms with Crippen molar-refractivity contribution >= 4 is 5.65 Å². The molecule has 0 radical (unpaired) electrons. The van der Waals surface area contributed by atoms with E-state index in [1.165, 1.54) is 5.56 Å². The fourth-order valence-corrected chi connectivity index (χ4v) is 3.18. The van der Waals surface area contributed by atoms with Crippen LogP contribution in [-0.2, 0) is 6.42 Å². The van der Waals surface area contributed by atoms with Crippen LogP contribution in [0.25, 0.3) is 5.65 Å². The molecule has 4 nitrogen and oxygen atoms in total. The lowest BCUT2D eigenvalue weighted by atomic mass is 9.87. The Bertz CT molecular complexity index is 825.